The molecule has 0 saturated carbocycles. The number of hydrogen-bond acceptors (Lipinski definition) is 6. The zero-order valence-corrected chi connectivity index (χ0v) is 18.3. The molecule has 3 rings (SSSR count). The van der Waals surface area contributed by atoms with Crippen LogP contribution in [-0.4, -0.2) is 48.6 Å². The molecular formula is C19H18F5N3O6S. The number of carbonyl (C=O) groups is 1. The van der Waals surface area contributed by atoms with Gasteiger partial charge in [0.2, 0.25) is 11.8 Å². The number of halogens is 5. The number of amides is 1. The lowest BCUT2D eigenvalue weighted by Gasteiger charge is -2.13. The van der Waals surface area contributed by atoms with Crippen molar-refractivity contribution in [3.05, 3.63) is 41.8 Å². The Labute approximate surface area is 189 Å². The van der Waals surface area contributed by atoms with E-state index in [-0.39, 0.29) is 28.4 Å². The number of carbonyl (C=O) groups excluding carboxylic acids is 1. The monoisotopic (exact) mass is 511 g/mol. The van der Waals surface area contributed by atoms with Gasteiger partial charge in [0.05, 0.1) is 12.6 Å². The van der Waals surface area contributed by atoms with Gasteiger partial charge in [0.15, 0.2) is 12.4 Å². The molecule has 0 unspecified atom stereocenters. The molecule has 15 heteroatoms. The highest BCUT2D eigenvalue weighted by Crippen LogP contribution is 2.35. The summed E-state index contributed by atoms with van der Waals surface area (Å²) in [6.07, 6.45) is -4.92. The van der Waals surface area contributed by atoms with Crippen molar-refractivity contribution < 1.29 is 49.2 Å². The number of hydrogen-bond donors (Lipinski definition) is 2. The van der Waals surface area contributed by atoms with Gasteiger partial charge in [0.1, 0.15) is 10.6 Å². The van der Waals surface area contributed by atoms with Crippen LogP contribution in [0.15, 0.2) is 35.4 Å². The number of fused-ring (bicyclic) bond motifs is 1. The highest BCUT2D eigenvalue weighted by Gasteiger charge is 2.24. The number of nitrogens with zero attached hydrogens (tertiary/aromatic N) is 2. The summed E-state index contributed by atoms with van der Waals surface area (Å²) in [6.45, 7) is 0.170. The topological polar surface area (TPSA) is 134 Å². The minimum Gasteiger partial charge on any atom is -0.479 e. The van der Waals surface area contributed by atoms with Gasteiger partial charge in [-0.15, -0.1) is 0 Å². The zero-order chi connectivity index (χ0) is 25.8. The number of ether oxygens (including phenoxy) is 2. The van der Waals surface area contributed by atoms with Crippen LogP contribution in [0, 0.1) is 5.82 Å². The summed E-state index contributed by atoms with van der Waals surface area (Å²) in [4.78, 5) is 12.2. The number of alkyl halides is 4. The van der Waals surface area contributed by atoms with Crippen LogP contribution in [-0.2, 0) is 14.9 Å². The van der Waals surface area contributed by atoms with Gasteiger partial charge in [-0.3, -0.25) is 9.35 Å². The lowest BCUT2D eigenvalue weighted by molar-refractivity contribution is -0.115. The summed E-state index contributed by atoms with van der Waals surface area (Å²) < 4.78 is 109. The molecule has 0 spiro atoms. The molecule has 186 valence electrons. The van der Waals surface area contributed by atoms with Crippen molar-refractivity contribution in [3.63, 3.8) is 0 Å². The Morgan fingerprint density at radius 1 is 1.21 bits per heavy atom. The van der Waals surface area contributed by atoms with Gasteiger partial charge in [-0.25, -0.2) is 22.0 Å². The second-order valence-electron chi connectivity index (χ2n) is 6.53. The molecular weight excluding hydrogens is 493 g/mol. The van der Waals surface area contributed by atoms with Crippen LogP contribution in [0.2, 0.25) is 0 Å². The van der Waals surface area contributed by atoms with E-state index in [1.165, 1.54) is 6.92 Å². The third-order valence-corrected chi connectivity index (χ3v) is 4.89. The van der Waals surface area contributed by atoms with E-state index in [4.69, 9.17) is 4.74 Å². The molecule has 0 bridgehead atoms. The molecule has 3 aromatic rings. The Morgan fingerprint density at radius 3 is 2.32 bits per heavy atom. The summed E-state index contributed by atoms with van der Waals surface area (Å²) in [5.74, 6) is -2.69. The SMILES string of the molecule is CC(N)=O.COc1nc(OCC(F)F)c(F)cc1-n1cc(S(=O)(=O)O)c2ccc(C(F)F)cc21. The minimum absolute atomic E-state index is 0.123. The van der Waals surface area contributed by atoms with Gasteiger partial charge in [0, 0.05) is 30.1 Å². The molecule has 2 aromatic heterocycles. The normalized spacial score (nSPS) is 11.5. The third-order valence-electron chi connectivity index (χ3n) is 4.01. The van der Waals surface area contributed by atoms with Crippen LogP contribution in [0.25, 0.3) is 16.6 Å². The predicted molar refractivity (Wildman–Crippen MR) is 109 cm³/mol. The highest BCUT2D eigenvalue weighted by molar-refractivity contribution is 7.86. The van der Waals surface area contributed by atoms with E-state index in [0.29, 0.717) is 0 Å². The van der Waals surface area contributed by atoms with Crippen LogP contribution < -0.4 is 15.2 Å². The van der Waals surface area contributed by atoms with Gasteiger partial charge in [-0.05, 0) is 6.07 Å². The van der Waals surface area contributed by atoms with Crippen LogP contribution in [0.5, 0.6) is 11.8 Å². The Bertz CT molecular complexity index is 1290. The number of methoxy groups -OCH3 is 1. The number of primary amides is 1. The summed E-state index contributed by atoms with van der Waals surface area (Å²) in [5, 5.41) is -0.123. The van der Waals surface area contributed by atoms with Crippen LogP contribution >= 0.6 is 0 Å². The van der Waals surface area contributed by atoms with E-state index in [0.717, 1.165) is 42.1 Å². The Kier molecular flexibility index (Phi) is 8.39. The van der Waals surface area contributed by atoms with Crippen molar-refractivity contribution in [2.24, 2.45) is 5.73 Å². The minimum atomic E-state index is -4.78. The van der Waals surface area contributed by atoms with Gasteiger partial charge in [-0.2, -0.15) is 13.4 Å². The Hall–Kier alpha value is -3.46. The first-order valence-corrected chi connectivity index (χ1v) is 10.5. The Balaban J connectivity index is 0.000000945. The molecule has 0 atom stereocenters. The van der Waals surface area contributed by atoms with Crippen LogP contribution in [0.3, 0.4) is 0 Å². The average molecular weight is 511 g/mol. The smallest absolute Gasteiger partial charge is 0.296 e. The quantitative estimate of drug-likeness (QED) is 0.366. The van der Waals surface area contributed by atoms with Crippen molar-refractivity contribution >= 4 is 26.9 Å². The molecule has 0 radical (unpaired) electrons. The van der Waals surface area contributed by atoms with Gasteiger partial charge >= 0.3 is 0 Å². The van der Waals surface area contributed by atoms with E-state index >= 15 is 0 Å². The lowest BCUT2D eigenvalue weighted by Crippen LogP contribution is -2.10. The third kappa shape index (κ3) is 6.32. The van der Waals surface area contributed by atoms with E-state index in [1.54, 1.807) is 0 Å². The van der Waals surface area contributed by atoms with Crippen molar-refractivity contribution in [1.29, 1.82) is 0 Å². The molecule has 3 N–H and O–H groups in total. The number of rotatable bonds is 7. The number of benzene rings is 1. The first kappa shape index (κ1) is 26.8. The molecule has 0 aliphatic carbocycles. The van der Waals surface area contributed by atoms with E-state index in [2.05, 4.69) is 15.5 Å². The highest BCUT2D eigenvalue weighted by atomic mass is 32.2. The first-order valence-electron chi connectivity index (χ1n) is 9.08. The summed E-state index contributed by atoms with van der Waals surface area (Å²) in [7, 11) is -3.67. The second-order valence-corrected chi connectivity index (χ2v) is 7.92. The van der Waals surface area contributed by atoms with Crippen LogP contribution in [0.1, 0.15) is 18.9 Å². The fourth-order valence-corrected chi connectivity index (χ4v) is 3.45. The number of nitrogens with two attached hydrogens (primary N) is 1. The molecule has 9 nitrogen and oxygen atoms in total. The van der Waals surface area contributed by atoms with Crippen molar-refractivity contribution in [1.82, 2.24) is 9.55 Å². The second kappa shape index (κ2) is 10.6. The zero-order valence-electron chi connectivity index (χ0n) is 17.5. The number of aromatic nitrogens is 2. The van der Waals surface area contributed by atoms with E-state index < -0.39 is 51.7 Å². The average Bonchev–Trinajstić information content (AvgIpc) is 3.11. The molecule has 0 aliphatic heterocycles. The van der Waals surface area contributed by atoms with Gasteiger partial charge in [0.25, 0.3) is 28.8 Å². The molecule has 1 amide bonds. The molecule has 34 heavy (non-hydrogen) atoms. The summed E-state index contributed by atoms with van der Waals surface area (Å²) in [5.41, 5.74) is 3.64. The fourth-order valence-electron chi connectivity index (χ4n) is 2.77. The van der Waals surface area contributed by atoms with E-state index in [1.807, 2.05) is 0 Å². The Morgan fingerprint density at radius 2 is 1.82 bits per heavy atom. The largest absolute Gasteiger partial charge is 0.479 e. The molecule has 1 aromatic carbocycles. The van der Waals surface area contributed by atoms with Crippen molar-refractivity contribution in [2.75, 3.05) is 13.7 Å². The van der Waals surface area contributed by atoms with Crippen molar-refractivity contribution in [3.8, 4) is 17.4 Å². The standard InChI is InChI=1S/C17H13F5N2O5S.C2H5NO/c1-28-17-12(5-10(18)16(23-17)29-7-14(19)20)24-6-13(30(25,26)27)9-3-2-8(15(21)22)4-11(9)24;1-2(3)4/h2-6,14-15H,7H2,1H3,(H,25,26,27);1H3,(H2,3,4). The maximum absolute atomic E-state index is 14.4. The first-order chi connectivity index (χ1) is 15.8. The van der Waals surface area contributed by atoms with E-state index in [9.17, 15) is 39.7 Å². The van der Waals surface area contributed by atoms with Gasteiger partial charge in [-0.1, -0.05) is 12.1 Å². The lowest BCUT2D eigenvalue weighted by atomic mass is 10.1. The molecule has 2 heterocycles. The predicted octanol–water partition coefficient (Wildman–Crippen LogP) is 3.49. The van der Waals surface area contributed by atoms with Crippen LogP contribution in [0.4, 0.5) is 22.0 Å². The summed E-state index contributed by atoms with van der Waals surface area (Å²) >= 11 is 0. The fraction of sp³-hybridized carbons (Fsp3) is 0.263. The maximum atomic E-state index is 14.4. The number of pyridine rings is 1. The summed E-state index contributed by atoms with van der Waals surface area (Å²) in [6, 6.07) is 3.73. The molecule has 0 saturated heterocycles. The molecule has 0 aliphatic rings. The van der Waals surface area contributed by atoms with Gasteiger partial charge < -0.3 is 19.8 Å². The van der Waals surface area contributed by atoms with Crippen molar-refractivity contribution in [2.45, 2.75) is 24.7 Å². The maximum Gasteiger partial charge on any atom is 0.296 e. The molecule has 0 fully saturated rings.